The molecule has 0 atom stereocenters. The van der Waals surface area contributed by atoms with Crippen molar-refractivity contribution in [2.45, 2.75) is 6.92 Å². The highest BCUT2D eigenvalue weighted by molar-refractivity contribution is 6.03. The van der Waals surface area contributed by atoms with E-state index in [1.54, 1.807) is 31.3 Å². The molecule has 3 aromatic rings. The summed E-state index contributed by atoms with van der Waals surface area (Å²) in [6.07, 6.45) is 1.59. The molecular formula is C17H16N4O4. The van der Waals surface area contributed by atoms with Crippen molar-refractivity contribution in [3.05, 3.63) is 56.9 Å². The molecule has 8 nitrogen and oxygen atoms in total. The lowest BCUT2D eigenvalue weighted by Crippen LogP contribution is -2.38. The molecule has 128 valence electrons. The van der Waals surface area contributed by atoms with Gasteiger partial charge in [0.15, 0.2) is 5.65 Å². The first-order valence-corrected chi connectivity index (χ1v) is 7.65. The van der Waals surface area contributed by atoms with E-state index in [4.69, 9.17) is 4.74 Å². The summed E-state index contributed by atoms with van der Waals surface area (Å²) in [5, 5.41) is 0.0442. The molecule has 0 fully saturated rings. The molecule has 8 heteroatoms. The maximum atomic E-state index is 12.6. The minimum Gasteiger partial charge on any atom is -0.462 e. The molecule has 3 rings (SSSR count). The fourth-order valence-corrected chi connectivity index (χ4v) is 2.57. The van der Waals surface area contributed by atoms with Gasteiger partial charge >= 0.3 is 11.7 Å². The Bertz CT molecular complexity index is 1080. The third-order valence-electron chi connectivity index (χ3n) is 3.83. The van der Waals surface area contributed by atoms with Gasteiger partial charge in [0.1, 0.15) is 0 Å². The number of pyridine rings is 2. The first kappa shape index (κ1) is 16.6. The molecule has 0 saturated heterocycles. The standard InChI is InChI=1S/C17H16N4O4/c1-4-25-16(23)10-9-12(11-7-5-6-8-18-11)19-14-13(10)15(22)21(3)17(24)20(14)2/h5-9H,4H2,1-3H3. The van der Waals surface area contributed by atoms with Crippen molar-refractivity contribution in [3.63, 3.8) is 0 Å². The Morgan fingerprint density at radius 3 is 2.56 bits per heavy atom. The summed E-state index contributed by atoms with van der Waals surface area (Å²) in [6.45, 7) is 1.84. The van der Waals surface area contributed by atoms with Crippen molar-refractivity contribution in [1.82, 2.24) is 19.1 Å². The van der Waals surface area contributed by atoms with Crippen molar-refractivity contribution < 1.29 is 9.53 Å². The minimum atomic E-state index is -0.650. The molecule has 0 aliphatic heterocycles. The van der Waals surface area contributed by atoms with E-state index in [9.17, 15) is 14.4 Å². The van der Waals surface area contributed by atoms with Gasteiger partial charge in [-0.3, -0.25) is 18.9 Å². The number of aromatic nitrogens is 4. The molecule has 0 aliphatic rings. The van der Waals surface area contributed by atoms with Crippen LogP contribution in [-0.4, -0.2) is 31.7 Å². The number of rotatable bonds is 3. The predicted octanol–water partition coefficient (Wildman–Crippen LogP) is 0.871. The van der Waals surface area contributed by atoms with Crippen LogP contribution in [0, 0.1) is 0 Å². The number of fused-ring (bicyclic) bond motifs is 1. The van der Waals surface area contributed by atoms with E-state index in [2.05, 4.69) is 9.97 Å². The van der Waals surface area contributed by atoms with Crippen LogP contribution in [0.5, 0.6) is 0 Å². The van der Waals surface area contributed by atoms with Crippen LogP contribution >= 0.6 is 0 Å². The van der Waals surface area contributed by atoms with Crippen LogP contribution < -0.4 is 11.2 Å². The average Bonchev–Trinajstić information content (AvgIpc) is 2.64. The first-order valence-electron chi connectivity index (χ1n) is 7.65. The first-order chi connectivity index (χ1) is 12.0. The summed E-state index contributed by atoms with van der Waals surface area (Å²) in [7, 11) is 2.85. The third-order valence-corrected chi connectivity index (χ3v) is 3.83. The molecule has 0 radical (unpaired) electrons. The maximum absolute atomic E-state index is 12.6. The van der Waals surface area contributed by atoms with Gasteiger partial charge in [0.05, 0.1) is 28.9 Å². The Kier molecular flexibility index (Phi) is 4.18. The van der Waals surface area contributed by atoms with E-state index in [-0.39, 0.29) is 23.2 Å². The highest BCUT2D eigenvalue weighted by atomic mass is 16.5. The zero-order valence-electron chi connectivity index (χ0n) is 14.0. The molecule has 0 aliphatic carbocycles. The van der Waals surface area contributed by atoms with Gasteiger partial charge in [0.2, 0.25) is 0 Å². The third kappa shape index (κ3) is 2.71. The summed E-state index contributed by atoms with van der Waals surface area (Å²) >= 11 is 0. The second-order valence-corrected chi connectivity index (χ2v) is 5.39. The summed E-state index contributed by atoms with van der Waals surface area (Å²) in [5.41, 5.74) is -0.0651. The zero-order chi connectivity index (χ0) is 18.1. The van der Waals surface area contributed by atoms with Gasteiger partial charge in [-0.1, -0.05) is 6.07 Å². The van der Waals surface area contributed by atoms with E-state index in [1.165, 1.54) is 24.7 Å². The molecule has 0 spiro atoms. The molecule has 3 aromatic heterocycles. The second kappa shape index (κ2) is 6.31. The fourth-order valence-electron chi connectivity index (χ4n) is 2.57. The number of esters is 1. The Morgan fingerprint density at radius 2 is 1.92 bits per heavy atom. The fraction of sp³-hybridized carbons (Fsp3) is 0.235. The molecule has 0 N–H and O–H groups in total. The van der Waals surface area contributed by atoms with Crippen LogP contribution in [0.1, 0.15) is 17.3 Å². The van der Waals surface area contributed by atoms with Crippen molar-refractivity contribution in [1.29, 1.82) is 0 Å². The summed E-state index contributed by atoms with van der Waals surface area (Å²) in [6, 6.07) is 6.72. The van der Waals surface area contributed by atoms with Crippen LogP contribution in [0.25, 0.3) is 22.4 Å². The summed E-state index contributed by atoms with van der Waals surface area (Å²) < 4.78 is 7.23. The van der Waals surface area contributed by atoms with Gasteiger partial charge in [-0.2, -0.15) is 0 Å². The molecule has 0 saturated carbocycles. The van der Waals surface area contributed by atoms with Crippen molar-refractivity contribution in [2.75, 3.05) is 6.61 Å². The largest absolute Gasteiger partial charge is 0.462 e. The number of nitrogens with zero attached hydrogens (tertiary/aromatic N) is 4. The molecule has 25 heavy (non-hydrogen) atoms. The number of hydrogen-bond donors (Lipinski definition) is 0. The molecule has 0 unspecified atom stereocenters. The van der Waals surface area contributed by atoms with E-state index < -0.39 is 17.2 Å². The van der Waals surface area contributed by atoms with E-state index in [1.807, 2.05) is 0 Å². The SMILES string of the molecule is CCOC(=O)c1cc(-c2ccccn2)nc2c1c(=O)n(C)c(=O)n2C. The minimum absolute atomic E-state index is 0.0442. The lowest BCUT2D eigenvalue weighted by Gasteiger charge is -2.12. The van der Waals surface area contributed by atoms with Crippen LogP contribution in [-0.2, 0) is 18.8 Å². The maximum Gasteiger partial charge on any atom is 0.339 e. The number of ether oxygens (including phenoxy) is 1. The normalized spacial score (nSPS) is 10.8. The number of hydrogen-bond acceptors (Lipinski definition) is 6. The molecular weight excluding hydrogens is 324 g/mol. The average molecular weight is 340 g/mol. The van der Waals surface area contributed by atoms with Gasteiger partial charge in [-0.25, -0.2) is 14.6 Å². The summed E-state index contributed by atoms with van der Waals surface area (Å²) in [5.74, 6) is -0.650. The van der Waals surface area contributed by atoms with E-state index in [0.29, 0.717) is 11.4 Å². The van der Waals surface area contributed by atoms with Crippen LogP contribution in [0.3, 0.4) is 0 Å². The Labute approximate surface area is 142 Å². The number of carbonyl (C=O) groups is 1. The van der Waals surface area contributed by atoms with Crippen molar-refractivity contribution in [2.24, 2.45) is 14.1 Å². The summed E-state index contributed by atoms with van der Waals surface area (Å²) in [4.78, 5) is 45.8. The lowest BCUT2D eigenvalue weighted by atomic mass is 10.1. The number of carbonyl (C=O) groups excluding carboxylic acids is 1. The van der Waals surface area contributed by atoms with Crippen molar-refractivity contribution >= 4 is 17.0 Å². The van der Waals surface area contributed by atoms with E-state index >= 15 is 0 Å². The monoisotopic (exact) mass is 340 g/mol. The van der Waals surface area contributed by atoms with Crippen molar-refractivity contribution in [3.8, 4) is 11.4 Å². The Balaban J connectivity index is 2.47. The van der Waals surface area contributed by atoms with Gasteiger partial charge in [-0.15, -0.1) is 0 Å². The van der Waals surface area contributed by atoms with Crippen LogP contribution in [0.2, 0.25) is 0 Å². The smallest absolute Gasteiger partial charge is 0.339 e. The Morgan fingerprint density at radius 1 is 1.16 bits per heavy atom. The van der Waals surface area contributed by atoms with Gasteiger partial charge in [0, 0.05) is 20.3 Å². The Hall–Kier alpha value is -3.29. The number of aryl methyl sites for hydroxylation is 1. The van der Waals surface area contributed by atoms with Crippen LogP contribution in [0.15, 0.2) is 40.1 Å². The highest BCUT2D eigenvalue weighted by Gasteiger charge is 2.21. The molecule has 0 bridgehead atoms. The van der Waals surface area contributed by atoms with E-state index in [0.717, 1.165) is 4.57 Å². The quantitative estimate of drug-likeness (QED) is 0.657. The van der Waals surface area contributed by atoms with Gasteiger partial charge in [-0.05, 0) is 25.1 Å². The molecule has 0 amide bonds. The molecule has 0 aromatic carbocycles. The zero-order valence-corrected chi connectivity index (χ0v) is 14.0. The highest BCUT2D eigenvalue weighted by Crippen LogP contribution is 2.21. The lowest BCUT2D eigenvalue weighted by molar-refractivity contribution is 0.0528. The second-order valence-electron chi connectivity index (χ2n) is 5.39. The van der Waals surface area contributed by atoms with Crippen LogP contribution in [0.4, 0.5) is 0 Å². The molecule has 3 heterocycles. The van der Waals surface area contributed by atoms with Gasteiger partial charge < -0.3 is 4.74 Å². The topological polar surface area (TPSA) is 96.1 Å². The predicted molar refractivity (Wildman–Crippen MR) is 91.4 cm³/mol. The van der Waals surface area contributed by atoms with Gasteiger partial charge in [0.25, 0.3) is 5.56 Å².